The molecule has 1 aromatic heterocycles. The van der Waals surface area contributed by atoms with Gasteiger partial charge < -0.3 is 5.32 Å². The monoisotopic (exact) mass is 259 g/mol. The average molecular weight is 259 g/mol. The van der Waals surface area contributed by atoms with E-state index in [0.29, 0.717) is 6.04 Å². The zero-order valence-electron chi connectivity index (χ0n) is 11.4. The summed E-state index contributed by atoms with van der Waals surface area (Å²) in [6.45, 7) is 7.55. The minimum atomic E-state index is 0.499. The van der Waals surface area contributed by atoms with Gasteiger partial charge in [-0.2, -0.15) is 0 Å². The molecule has 1 heterocycles. The van der Waals surface area contributed by atoms with Crippen molar-refractivity contribution in [1.82, 2.24) is 5.32 Å². The third-order valence-corrected chi connectivity index (χ3v) is 4.41. The summed E-state index contributed by atoms with van der Waals surface area (Å²) in [5.74, 6) is 0. The van der Waals surface area contributed by atoms with Crippen LogP contribution in [0.15, 0.2) is 36.4 Å². The first-order chi connectivity index (χ1) is 8.74. The SMILES string of the molecule is CCNC(CC)c1ccc(-c2ccc(C)cc2)s1. The summed E-state index contributed by atoms with van der Waals surface area (Å²) < 4.78 is 0. The Morgan fingerprint density at radius 2 is 1.78 bits per heavy atom. The fraction of sp³-hybridized carbons (Fsp3) is 0.375. The molecule has 0 saturated heterocycles. The molecule has 2 heteroatoms. The van der Waals surface area contributed by atoms with Crippen molar-refractivity contribution < 1.29 is 0 Å². The van der Waals surface area contributed by atoms with Gasteiger partial charge in [-0.3, -0.25) is 0 Å². The highest BCUT2D eigenvalue weighted by molar-refractivity contribution is 7.15. The third-order valence-electron chi connectivity index (χ3n) is 3.17. The first-order valence-corrected chi connectivity index (χ1v) is 7.46. The number of benzene rings is 1. The number of nitrogens with one attached hydrogen (secondary N) is 1. The van der Waals surface area contributed by atoms with Crippen LogP contribution in [0, 0.1) is 6.92 Å². The molecule has 18 heavy (non-hydrogen) atoms. The Kier molecular flexibility index (Phi) is 4.56. The lowest BCUT2D eigenvalue weighted by molar-refractivity contribution is 0.545. The molecule has 0 aliphatic heterocycles. The smallest absolute Gasteiger partial charge is 0.0412 e. The van der Waals surface area contributed by atoms with Crippen LogP contribution in [0.4, 0.5) is 0 Å². The lowest BCUT2D eigenvalue weighted by Gasteiger charge is -2.13. The van der Waals surface area contributed by atoms with Crippen LogP contribution in [0.25, 0.3) is 10.4 Å². The summed E-state index contributed by atoms with van der Waals surface area (Å²) in [7, 11) is 0. The zero-order chi connectivity index (χ0) is 13.0. The largest absolute Gasteiger partial charge is 0.310 e. The Bertz CT molecular complexity index is 484. The molecule has 0 fully saturated rings. The van der Waals surface area contributed by atoms with Gasteiger partial charge in [0.15, 0.2) is 0 Å². The molecule has 0 bridgehead atoms. The Balaban J connectivity index is 2.21. The fourth-order valence-electron chi connectivity index (χ4n) is 2.11. The van der Waals surface area contributed by atoms with Crippen LogP contribution < -0.4 is 5.32 Å². The molecular formula is C16H21NS. The normalized spacial score (nSPS) is 12.6. The summed E-state index contributed by atoms with van der Waals surface area (Å²) in [6, 6.07) is 13.8. The molecule has 1 nitrogen and oxygen atoms in total. The second kappa shape index (κ2) is 6.17. The quantitative estimate of drug-likeness (QED) is 0.814. The first kappa shape index (κ1) is 13.3. The lowest BCUT2D eigenvalue weighted by atomic mass is 10.1. The Morgan fingerprint density at radius 3 is 2.39 bits per heavy atom. The number of thiophene rings is 1. The Labute approximate surface area is 114 Å². The van der Waals surface area contributed by atoms with E-state index in [2.05, 4.69) is 62.5 Å². The molecule has 1 unspecified atom stereocenters. The fourth-order valence-corrected chi connectivity index (χ4v) is 3.28. The maximum Gasteiger partial charge on any atom is 0.0412 e. The van der Waals surface area contributed by atoms with Gasteiger partial charge in [0.25, 0.3) is 0 Å². The van der Waals surface area contributed by atoms with E-state index in [0.717, 1.165) is 13.0 Å². The van der Waals surface area contributed by atoms with Gasteiger partial charge in [0.2, 0.25) is 0 Å². The minimum Gasteiger partial charge on any atom is -0.310 e. The van der Waals surface area contributed by atoms with Crippen LogP contribution >= 0.6 is 11.3 Å². The Morgan fingerprint density at radius 1 is 1.06 bits per heavy atom. The van der Waals surface area contributed by atoms with Gasteiger partial charge >= 0.3 is 0 Å². The van der Waals surface area contributed by atoms with E-state index in [4.69, 9.17) is 0 Å². The van der Waals surface area contributed by atoms with Gasteiger partial charge in [-0.25, -0.2) is 0 Å². The molecule has 0 spiro atoms. The van der Waals surface area contributed by atoms with Crippen molar-refractivity contribution in [3.8, 4) is 10.4 Å². The van der Waals surface area contributed by atoms with E-state index in [1.54, 1.807) is 0 Å². The molecule has 0 aliphatic carbocycles. The molecule has 2 rings (SSSR count). The van der Waals surface area contributed by atoms with Crippen molar-refractivity contribution >= 4 is 11.3 Å². The lowest BCUT2D eigenvalue weighted by Crippen LogP contribution is -2.18. The topological polar surface area (TPSA) is 12.0 Å². The molecule has 1 aromatic carbocycles. The second-order valence-electron chi connectivity index (χ2n) is 4.59. The summed E-state index contributed by atoms with van der Waals surface area (Å²) in [6.07, 6.45) is 1.14. The summed E-state index contributed by atoms with van der Waals surface area (Å²) in [4.78, 5) is 2.80. The minimum absolute atomic E-state index is 0.499. The maximum atomic E-state index is 3.53. The van der Waals surface area contributed by atoms with E-state index in [1.165, 1.54) is 20.9 Å². The van der Waals surface area contributed by atoms with E-state index in [-0.39, 0.29) is 0 Å². The van der Waals surface area contributed by atoms with Gasteiger partial charge in [-0.1, -0.05) is 43.7 Å². The highest BCUT2D eigenvalue weighted by atomic mass is 32.1. The van der Waals surface area contributed by atoms with Crippen molar-refractivity contribution in [1.29, 1.82) is 0 Å². The van der Waals surface area contributed by atoms with Gasteiger partial charge in [0.05, 0.1) is 0 Å². The van der Waals surface area contributed by atoms with Crippen LogP contribution in [0.1, 0.15) is 36.8 Å². The molecule has 1 atom stereocenters. The van der Waals surface area contributed by atoms with Crippen LogP contribution in [0.5, 0.6) is 0 Å². The highest BCUT2D eigenvalue weighted by Gasteiger charge is 2.11. The zero-order valence-corrected chi connectivity index (χ0v) is 12.2. The van der Waals surface area contributed by atoms with E-state index in [9.17, 15) is 0 Å². The molecule has 1 N–H and O–H groups in total. The van der Waals surface area contributed by atoms with E-state index < -0.39 is 0 Å². The predicted octanol–water partition coefficient (Wildman–Crippen LogP) is 4.78. The molecule has 96 valence electrons. The van der Waals surface area contributed by atoms with Crippen molar-refractivity contribution in [2.45, 2.75) is 33.2 Å². The van der Waals surface area contributed by atoms with Gasteiger partial charge in [-0.05, 0) is 37.6 Å². The van der Waals surface area contributed by atoms with E-state index in [1.807, 2.05) is 11.3 Å². The summed E-state index contributed by atoms with van der Waals surface area (Å²) in [5, 5.41) is 3.53. The Hall–Kier alpha value is -1.12. The van der Waals surface area contributed by atoms with Crippen molar-refractivity contribution in [3.05, 3.63) is 46.8 Å². The summed E-state index contributed by atoms with van der Waals surface area (Å²) in [5.41, 5.74) is 2.64. The molecule has 0 aliphatic rings. The molecule has 0 radical (unpaired) electrons. The predicted molar refractivity (Wildman–Crippen MR) is 81.2 cm³/mol. The maximum absolute atomic E-state index is 3.53. The molecule has 0 saturated carbocycles. The molecule has 0 amide bonds. The number of rotatable bonds is 5. The highest BCUT2D eigenvalue weighted by Crippen LogP contribution is 2.32. The van der Waals surface area contributed by atoms with Crippen molar-refractivity contribution in [2.75, 3.05) is 6.54 Å². The van der Waals surface area contributed by atoms with E-state index >= 15 is 0 Å². The van der Waals surface area contributed by atoms with Crippen LogP contribution in [-0.4, -0.2) is 6.54 Å². The summed E-state index contributed by atoms with van der Waals surface area (Å²) >= 11 is 1.90. The molecular weight excluding hydrogens is 238 g/mol. The average Bonchev–Trinajstić information content (AvgIpc) is 2.86. The number of hydrogen-bond donors (Lipinski definition) is 1. The van der Waals surface area contributed by atoms with Crippen LogP contribution in [-0.2, 0) is 0 Å². The van der Waals surface area contributed by atoms with Crippen molar-refractivity contribution in [2.24, 2.45) is 0 Å². The number of hydrogen-bond acceptors (Lipinski definition) is 2. The standard InChI is InChI=1S/C16H21NS/c1-4-14(17-5-2)16-11-10-15(18-16)13-8-6-12(3)7-9-13/h6-11,14,17H,4-5H2,1-3H3. The molecule has 2 aromatic rings. The first-order valence-electron chi connectivity index (χ1n) is 6.64. The number of aryl methyl sites for hydroxylation is 1. The van der Waals surface area contributed by atoms with Crippen LogP contribution in [0.3, 0.4) is 0 Å². The van der Waals surface area contributed by atoms with Gasteiger partial charge in [-0.15, -0.1) is 11.3 Å². The second-order valence-corrected chi connectivity index (χ2v) is 5.70. The van der Waals surface area contributed by atoms with Gasteiger partial charge in [0, 0.05) is 15.8 Å². The van der Waals surface area contributed by atoms with Crippen LogP contribution in [0.2, 0.25) is 0 Å². The van der Waals surface area contributed by atoms with Gasteiger partial charge in [0.1, 0.15) is 0 Å². The third kappa shape index (κ3) is 3.01. The van der Waals surface area contributed by atoms with Crippen molar-refractivity contribution in [3.63, 3.8) is 0 Å².